The van der Waals surface area contributed by atoms with Crippen LogP contribution in [0, 0.1) is 10.1 Å². The summed E-state index contributed by atoms with van der Waals surface area (Å²) in [6, 6.07) is 10.2. The number of hydrogen-bond acceptors (Lipinski definition) is 6. The van der Waals surface area contributed by atoms with Crippen LogP contribution in [-0.4, -0.2) is 17.9 Å². The van der Waals surface area contributed by atoms with E-state index in [0.717, 1.165) is 0 Å². The summed E-state index contributed by atoms with van der Waals surface area (Å²) in [7, 11) is 1.45. The molecule has 144 valence electrons. The third kappa shape index (κ3) is 4.36. The molecule has 10 heteroatoms. The molecule has 0 spiro atoms. The van der Waals surface area contributed by atoms with Gasteiger partial charge in [-0.3, -0.25) is 14.9 Å². The summed E-state index contributed by atoms with van der Waals surface area (Å²) in [5.74, 6) is 0.616. The number of hydrogen-bond donors (Lipinski definition) is 1. The van der Waals surface area contributed by atoms with E-state index in [1.54, 1.807) is 11.4 Å². The van der Waals surface area contributed by atoms with Crippen molar-refractivity contribution < 1.29 is 19.2 Å². The van der Waals surface area contributed by atoms with Crippen molar-refractivity contribution in [3.8, 4) is 17.2 Å². The van der Waals surface area contributed by atoms with Gasteiger partial charge >= 0.3 is 0 Å². The maximum atomic E-state index is 12.7. The summed E-state index contributed by atoms with van der Waals surface area (Å²) in [6.07, 6.45) is 0. The number of nitrogens with one attached hydrogen (secondary N) is 1. The summed E-state index contributed by atoms with van der Waals surface area (Å²) < 4.78 is 10.8. The van der Waals surface area contributed by atoms with E-state index in [-0.39, 0.29) is 10.7 Å². The number of rotatable bonds is 6. The van der Waals surface area contributed by atoms with Gasteiger partial charge in [0.05, 0.1) is 27.8 Å². The zero-order valence-electron chi connectivity index (χ0n) is 14.3. The molecule has 0 atom stereocenters. The highest BCUT2D eigenvalue weighted by Gasteiger charge is 2.18. The molecule has 0 bridgehead atoms. The first-order valence-electron chi connectivity index (χ1n) is 7.73. The molecule has 0 radical (unpaired) electrons. The lowest BCUT2D eigenvalue weighted by Gasteiger charge is -2.11. The van der Waals surface area contributed by atoms with Gasteiger partial charge in [-0.05, 0) is 29.6 Å². The normalized spacial score (nSPS) is 10.4. The van der Waals surface area contributed by atoms with Crippen molar-refractivity contribution in [2.45, 2.75) is 0 Å². The van der Waals surface area contributed by atoms with Crippen LogP contribution in [0.15, 0.2) is 47.8 Å². The lowest BCUT2D eigenvalue weighted by molar-refractivity contribution is -0.384. The van der Waals surface area contributed by atoms with Crippen LogP contribution in [0.1, 0.15) is 9.67 Å². The first kappa shape index (κ1) is 19.9. The molecule has 0 fully saturated rings. The Labute approximate surface area is 173 Å². The van der Waals surface area contributed by atoms with Crippen LogP contribution < -0.4 is 14.8 Å². The van der Waals surface area contributed by atoms with Gasteiger partial charge in [-0.25, -0.2) is 0 Å². The van der Waals surface area contributed by atoms with Crippen LogP contribution in [-0.2, 0) is 0 Å². The highest BCUT2D eigenvalue weighted by Crippen LogP contribution is 2.36. The molecule has 0 saturated carbocycles. The molecule has 0 saturated heterocycles. The minimum Gasteiger partial charge on any atom is -0.495 e. The first-order chi connectivity index (χ1) is 13.4. The van der Waals surface area contributed by atoms with Gasteiger partial charge in [0, 0.05) is 18.2 Å². The molecule has 3 aromatic rings. The second-order valence-corrected chi connectivity index (χ2v) is 7.12. The van der Waals surface area contributed by atoms with Crippen molar-refractivity contribution in [1.29, 1.82) is 0 Å². The summed E-state index contributed by atoms with van der Waals surface area (Å²) in [4.78, 5) is 23.2. The minimum atomic E-state index is -0.503. The largest absolute Gasteiger partial charge is 0.495 e. The first-order valence-corrected chi connectivity index (χ1v) is 9.36. The number of nitro groups is 1. The molecule has 7 nitrogen and oxygen atoms in total. The van der Waals surface area contributed by atoms with Crippen molar-refractivity contribution in [3.63, 3.8) is 0 Å². The molecular weight excluding hydrogens is 427 g/mol. The molecule has 2 aromatic carbocycles. The molecule has 1 aromatic heterocycles. The molecule has 0 aliphatic rings. The Balaban J connectivity index is 1.79. The standard InChI is InChI=1S/C18H12Cl2N2O5S/c1-26-16-9-14(12(19)8-13(16)20)21-18(23)17-15(6-7-28-17)27-11-4-2-10(3-5-11)22(24)25/h2-9H,1H3,(H,21,23). The maximum Gasteiger partial charge on any atom is 0.269 e. The summed E-state index contributed by atoms with van der Waals surface area (Å²) in [5, 5.41) is 15.7. The van der Waals surface area contributed by atoms with E-state index >= 15 is 0 Å². The monoisotopic (exact) mass is 438 g/mol. The van der Waals surface area contributed by atoms with Gasteiger partial charge in [0.25, 0.3) is 11.6 Å². The average Bonchev–Trinajstić information content (AvgIpc) is 3.12. The van der Waals surface area contributed by atoms with E-state index in [0.29, 0.717) is 32.8 Å². The number of halogens is 2. The van der Waals surface area contributed by atoms with Crippen LogP contribution >= 0.6 is 34.5 Å². The Morgan fingerprint density at radius 1 is 1.11 bits per heavy atom. The Morgan fingerprint density at radius 2 is 1.82 bits per heavy atom. The van der Waals surface area contributed by atoms with Crippen molar-refractivity contribution >= 4 is 51.8 Å². The fourth-order valence-corrected chi connectivity index (χ4v) is 3.49. The molecule has 0 unspecified atom stereocenters. The number of non-ortho nitro benzene ring substituents is 1. The van der Waals surface area contributed by atoms with Gasteiger partial charge in [0.1, 0.15) is 16.4 Å². The number of nitro benzene ring substituents is 1. The van der Waals surface area contributed by atoms with Crippen LogP contribution in [0.25, 0.3) is 0 Å². The van der Waals surface area contributed by atoms with E-state index in [1.165, 1.54) is 54.8 Å². The predicted octanol–water partition coefficient (Wildman–Crippen LogP) is 6.02. The highest BCUT2D eigenvalue weighted by atomic mass is 35.5. The van der Waals surface area contributed by atoms with Gasteiger partial charge in [-0.15, -0.1) is 11.3 Å². The fraction of sp³-hybridized carbons (Fsp3) is 0.0556. The number of methoxy groups -OCH3 is 1. The third-order valence-corrected chi connectivity index (χ3v) is 5.10. The summed E-state index contributed by atoms with van der Waals surface area (Å²) in [5.41, 5.74) is 0.282. The van der Waals surface area contributed by atoms with Gasteiger partial charge in [-0.2, -0.15) is 0 Å². The Morgan fingerprint density at radius 3 is 2.46 bits per heavy atom. The molecule has 1 N–H and O–H groups in total. The van der Waals surface area contributed by atoms with Crippen LogP contribution in [0.5, 0.6) is 17.2 Å². The second-order valence-electron chi connectivity index (χ2n) is 5.39. The number of ether oxygens (including phenoxy) is 2. The lowest BCUT2D eigenvalue weighted by atomic mass is 10.2. The highest BCUT2D eigenvalue weighted by molar-refractivity contribution is 7.12. The Hall–Kier alpha value is -2.81. The number of carbonyl (C=O) groups is 1. The third-order valence-electron chi connectivity index (χ3n) is 3.60. The van der Waals surface area contributed by atoms with Crippen molar-refractivity contribution in [2.75, 3.05) is 12.4 Å². The molecule has 0 aliphatic carbocycles. The van der Waals surface area contributed by atoms with E-state index in [9.17, 15) is 14.9 Å². The van der Waals surface area contributed by atoms with E-state index in [4.69, 9.17) is 32.7 Å². The number of benzene rings is 2. The quantitative estimate of drug-likeness (QED) is 0.375. The lowest BCUT2D eigenvalue weighted by Crippen LogP contribution is -2.11. The molecule has 3 rings (SSSR count). The fourth-order valence-electron chi connectivity index (χ4n) is 2.27. The Bertz CT molecular complexity index is 1040. The second kappa shape index (κ2) is 8.47. The van der Waals surface area contributed by atoms with Gasteiger partial charge in [0.2, 0.25) is 0 Å². The molecule has 1 amide bonds. The molecule has 1 heterocycles. The zero-order valence-corrected chi connectivity index (χ0v) is 16.6. The Kier molecular flexibility index (Phi) is 6.03. The minimum absolute atomic E-state index is 0.0537. The van der Waals surface area contributed by atoms with Gasteiger partial charge < -0.3 is 14.8 Å². The summed E-state index contributed by atoms with van der Waals surface area (Å²) >= 11 is 13.3. The smallest absolute Gasteiger partial charge is 0.269 e. The zero-order chi connectivity index (χ0) is 20.3. The predicted molar refractivity (Wildman–Crippen MR) is 108 cm³/mol. The van der Waals surface area contributed by atoms with Crippen molar-refractivity contribution in [1.82, 2.24) is 0 Å². The number of thiophene rings is 1. The number of carbonyl (C=O) groups excluding carboxylic acids is 1. The van der Waals surface area contributed by atoms with E-state index < -0.39 is 10.8 Å². The van der Waals surface area contributed by atoms with E-state index in [1.807, 2.05) is 0 Å². The summed E-state index contributed by atoms with van der Waals surface area (Å²) in [6.45, 7) is 0. The average molecular weight is 439 g/mol. The number of amides is 1. The molecule has 28 heavy (non-hydrogen) atoms. The van der Waals surface area contributed by atoms with Crippen LogP contribution in [0.4, 0.5) is 11.4 Å². The topological polar surface area (TPSA) is 90.7 Å². The van der Waals surface area contributed by atoms with Gasteiger partial charge in [0.15, 0.2) is 5.75 Å². The van der Waals surface area contributed by atoms with Crippen molar-refractivity contribution in [2.24, 2.45) is 0 Å². The van der Waals surface area contributed by atoms with E-state index in [2.05, 4.69) is 5.32 Å². The van der Waals surface area contributed by atoms with Gasteiger partial charge in [-0.1, -0.05) is 23.2 Å². The van der Waals surface area contributed by atoms with Crippen molar-refractivity contribution in [3.05, 3.63) is 72.9 Å². The maximum absolute atomic E-state index is 12.7. The molecular formula is C18H12Cl2N2O5S. The number of nitrogens with zero attached hydrogens (tertiary/aromatic N) is 1. The molecule has 0 aliphatic heterocycles. The number of anilines is 1. The van der Waals surface area contributed by atoms with Crippen LogP contribution in [0.3, 0.4) is 0 Å². The van der Waals surface area contributed by atoms with Crippen LogP contribution in [0.2, 0.25) is 10.0 Å². The SMILES string of the molecule is COc1cc(NC(=O)c2sccc2Oc2ccc([N+](=O)[O-])cc2)c(Cl)cc1Cl.